The van der Waals surface area contributed by atoms with Crippen LogP contribution < -0.4 is 16.0 Å². The molecule has 1 aromatic carbocycles. The second-order valence-corrected chi connectivity index (χ2v) is 9.75. The maximum Gasteiger partial charge on any atom is 0.251 e. The first-order valence-electron chi connectivity index (χ1n) is 12.6. The molecule has 2 amide bonds. The summed E-state index contributed by atoms with van der Waals surface area (Å²) in [6.07, 6.45) is 4.05. The van der Waals surface area contributed by atoms with Gasteiger partial charge in [0.2, 0.25) is 5.91 Å². The molecule has 8 heteroatoms. The van der Waals surface area contributed by atoms with E-state index in [0.717, 1.165) is 70.8 Å². The van der Waals surface area contributed by atoms with E-state index in [1.807, 2.05) is 38.1 Å². The Hall–Kier alpha value is -2.63. The average molecular weight is 470 g/mol. The van der Waals surface area contributed by atoms with Crippen LogP contribution in [-0.2, 0) is 9.53 Å². The van der Waals surface area contributed by atoms with Crippen molar-refractivity contribution in [1.29, 1.82) is 5.26 Å². The van der Waals surface area contributed by atoms with Crippen LogP contribution in [0.15, 0.2) is 24.3 Å². The van der Waals surface area contributed by atoms with Gasteiger partial charge in [0.15, 0.2) is 0 Å². The molecule has 34 heavy (non-hydrogen) atoms. The highest BCUT2D eigenvalue weighted by Crippen LogP contribution is 2.25. The summed E-state index contributed by atoms with van der Waals surface area (Å²) in [6.45, 7) is 9.39. The second-order valence-electron chi connectivity index (χ2n) is 9.75. The van der Waals surface area contributed by atoms with E-state index < -0.39 is 6.04 Å². The van der Waals surface area contributed by atoms with Gasteiger partial charge in [-0.05, 0) is 49.4 Å². The predicted molar refractivity (Wildman–Crippen MR) is 132 cm³/mol. The molecule has 0 unspecified atom stereocenters. The average Bonchev–Trinajstić information content (AvgIpc) is 2.84. The number of morpholine rings is 1. The first kappa shape index (κ1) is 26.0. The molecular weight excluding hydrogens is 430 g/mol. The molecule has 3 rings (SSSR count). The minimum absolute atomic E-state index is 0.128. The number of anilines is 1. The molecule has 1 aliphatic carbocycles. The number of nitriles is 1. The Morgan fingerprint density at radius 3 is 2.53 bits per heavy atom. The molecule has 0 bridgehead atoms. The van der Waals surface area contributed by atoms with Crippen molar-refractivity contribution in [3.05, 3.63) is 29.8 Å². The number of nitrogens with one attached hydrogen (secondary N) is 3. The number of amides is 2. The number of hydrogen-bond acceptors (Lipinski definition) is 6. The zero-order chi connectivity index (χ0) is 24.3. The van der Waals surface area contributed by atoms with Gasteiger partial charge < -0.3 is 20.7 Å². The van der Waals surface area contributed by atoms with E-state index >= 15 is 0 Å². The Bertz CT molecular complexity index is 830. The number of nitrogens with zero attached hydrogens (tertiary/aromatic N) is 2. The van der Waals surface area contributed by atoms with E-state index in [9.17, 15) is 14.9 Å². The molecule has 2 aliphatic rings. The van der Waals surface area contributed by atoms with E-state index in [-0.39, 0.29) is 23.8 Å². The SMILES string of the molecule is CC(C)C[C@@H](C#N)NC(=O)[C@@H]1CCCC[C@@H]1NC(=O)c1ccc(NCCN2CCOCC2)cc1. The molecule has 0 spiro atoms. The lowest BCUT2D eigenvalue weighted by Crippen LogP contribution is -2.50. The van der Waals surface area contributed by atoms with E-state index in [0.29, 0.717) is 17.9 Å². The van der Waals surface area contributed by atoms with Crippen LogP contribution in [0.4, 0.5) is 5.69 Å². The number of carbonyl (C=O) groups excluding carboxylic acids is 2. The Morgan fingerprint density at radius 1 is 1.15 bits per heavy atom. The normalized spacial score (nSPS) is 21.9. The maximum atomic E-state index is 12.9. The second kappa shape index (κ2) is 13.3. The van der Waals surface area contributed by atoms with Crippen LogP contribution in [-0.4, -0.2) is 68.2 Å². The van der Waals surface area contributed by atoms with Gasteiger partial charge in [-0.2, -0.15) is 5.26 Å². The summed E-state index contributed by atoms with van der Waals surface area (Å²) >= 11 is 0. The lowest BCUT2D eigenvalue weighted by molar-refractivity contribution is -0.127. The molecule has 1 saturated heterocycles. The largest absolute Gasteiger partial charge is 0.384 e. The topological polar surface area (TPSA) is 106 Å². The maximum absolute atomic E-state index is 12.9. The van der Waals surface area contributed by atoms with Gasteiger partial charge in [0.05, 0.1) is 25.2 Å². The molecule has 3 N–H and O–H groups in total. The van der Waals surface area contributed by atoms with Crippen LogP contribution in [0.5, 0.6) is 0 Å². The predicted octanol–water partition coefficient (Wildman–Crippen LogP) is 2.77. The van der Waals surface area contributed by atoms with Gasteiger partial charge in [0.1, 0.15) is 6.04 Å². The van der Waals surface area contributed by atoms with Crippen LogP contribution in [0.3, 0.4) is 0 Å². The van der Waals surface area contributed by atoms with E-state index in [1.165, 1.54) is 0 Å². The van der Waals surface area contributed by atoms with Crippen molar-refractivity contribution in [2.24, 2.45) is 11.8 Å². The molecular formula is C26H39N5O3. The Balaban J connectivity index is 1.50. The Labute approximate surface area is 203 Å². The van der Waals surface area contributed by atoms with Crippen molar-refractivity contribution in [3.63, 3.8) is 0 Å². The first-order chi connectivity index (χ1) is 16.5. The van der Waals surface area contributed by atoms with Gasteiger partial charge in [0, 0.05) is 43.5 Å². The van der Waals surface area contributed by atoms with Gasteiger partial charge in [-0.1, -0.05) is 26.7 Å². The molecule has 1 saturated carbocycles. The molecule has 2 fully saturated rings. The van der Waals surface area contributed by atoms with Crippen molar-refractivity contribution in [2.75, 3.05) is 44.7 Å². The van der Waals surface area contributed by atoms with E-state index in [4.69, 9.17) is 4.74 Å². The van der Waals surface area contributed by atoms with Crippen LogP contribution in [0.2, 0.25) is 0 Å². The summed E-state index contributed by atoms with van der Waals surface area (Å²) in [7, 11) is 0. The third-order valence-corrected chi connectivity index (χ3v) is 6.61. The van der Waals surface area contributed by atoms with E-state index in [1.54, 1.807) is 0 Å². The molecule has 0 aromatic heterocycles. The van der Waals surface area contributed by atoms with Crippen LogP contribution in [0.1, 0.15) is 56.3 Å². The van der Waals surface area contributed by atoms with Crippen molar-refractivity contribution in [2.45, 2.75) is 58.0 Å². The molecule has 3 atom stereocenters. The lowest BCUT2D eigenvalue weighted by atomic mass is 9.83. The minimum atomic E-state index is -0.492. The molecule has 1 heterocycles. The Kier molecular flexibility index (Phi) is 10.2. The monoisotopic (exact) mass is 469 g/mol. The number of ether oxygens (including phenoxy) is 1. The number of rotatable bonds is 10. The van der Waals surface area contributed by atoms with Crippen molar-refractivity contribution >= 4 is 17.5 Å². The summed E-state index contributed by atoms with van der Waals surface area (Å²) in [6, 6.07) is 8.96. The van der Waals surface area contributed by atoms with Crippen molar-refractivity contribution in [1.82, 2.24) is 15.5 Å². The van der Waals surface area contributed by atoms with Gasteiger partial charge in [0.25, 0.3) is 5.91 Å². The van der Waals surface area contributed by atoms with Crippen LogP contribution in [0, 0.1) is 23.2 Å². The zero-order valence-electron chi connectivity index (χ0n) is 20.5. The van der Waals surface area contributed by atoms with Crippen LogP contribution in [0.25, 0.3) is 0 Å². The van der Waals surface area contributed by atoms with E-state index in [2.05, 4.69) is 26.9 Å². The number of carbonyl (C=O) groups is 2. The third kappa shape index (κ3) is 8.00. The molecule has 8 nitrogen and oxygen atoms in total. The summed E-state index contributed by atoms with van der Waals surface area (Å²) in [4.78, 5) is 28.2. The molecule has 0 radical (unpaired) electrons. The summed E-state index contributed by atoms with van der Waals surface area (Å²) in [5, 5.41) is 18.8. The lowest BCUT2D eigenvalue weighted by Gasteiger charge is -2.32. The summed E-state index contributed by atoms with van der Waals surface area (Å²) in [5.74, 6) is -0.272. The first-order valence-corrected chi connectivity index (χ1v) is 12.6. The highest BCUT2D eigenvalue weighted by atomic mass is 16.5. The zero-order valence-corrected chi connectivity index (χ0v) is 20.5. The molecule has 1 aliphatic heterocycles. The van der Waals surface area contributed by atoms with Gasteiger partial charge in [-0.15, -0.1) is 0 Å². The third-order valence-electron chi connectivity index (χ3n) is 6.61. The summed E-state index contributed by atoms with van der Waals surface area (Å²) in [5.41, 5.74) is 1.56. The highest BCUT2D eigenvalue weighted by Gasteiger charge is 2.33. The fourth-order valence-corrected chi connectivity index (χ4v) is 4.69. The number of benzene rings is 1. The number of hydrogen-bond donors (Lipinski definition) is 3. The van der Waals surface area contributed by atoms with Crippen LogP contribution >= 0.6 is 0 Å². The Morgan fingerprint density at radius 2 is 1.85 bits per heavy atom. The highest BCUT2D eigenvalue weighted by molar-refractivity contribution is 5.95. The van der Waals surface area contributed by atoms with Gasteiger partial charge in [-0.3, -0.25) is 14.5 Å². The smallest absolute Gasteiger partial charge is 0.251 e. The van der Waals surface area contributed by atoms with Crippen molar-refractivity contribution < 1.29 is 14.3 Å². The fraction of sp³-hybridized carbons (Fsp3) is 0.654. The summed E-state index contributed by atoms with van der Waals surface area (Å²) < 4.78 is 5.37. The van der Waals surface area contributed by atoms with Gasteiger partial charge in [-0.25, -0.2) is 0 Å². The van der Waals surface area contributed by atoms with Crippen molar-refractivity contribution in [3.8, 4) is 6.07 Å². The fourth-order valence-electron chi connectivity index (χ4n) is 4.69. The van der Waals surface area contributed by atoms with Gasteiger partial charge >= 0.3 is 0 Å². The molecule has 1 aromatic rings. The standard InChI is InChI=1S/C26H39N5O3/c1-19(2)17-22(18-27)29-26(33)23-5-3-4-6-24(23)30-25(32)20-7-9-21(10-8-20)28-11-12-31-13-15-34-16-14-31/h7-10,19,22-24,28H,3-6,11-17H2,1-2H3,(H,29,33)(H,30,32)/t22-,23+,24-/m0/s1. The quantitative estimate of drug-likeness (QED) is 0.487. The molecule has 186 valence electrons. The minimum Gasteiger partial charge on any atom is -0.384 e.